The number of rotatable bonds is 6. The highest BCUT2D eigenvalue weighted by Gasteiger charge is 2.21. The van der Waals surface area contributed by atoms with Crippen molar-refractivity contribution in [1.82, 2.24) is 4.90 Å². The largest absolute Gasteiger partial charge is 0.372 e. The minimum absolute atomic E-state index is 0.635. The van der Waals surface area contributed by atoms with E-state index in [0.717, 1.165) is 29.7 Å². The predicted octanol–water partition coefficient (Wildman–Crippen LogP) is 7.37. The first-order valence-corrected chi connectivity index (χ1v) is 10.3. The van der Waals surface area contributed by atoms with Gasteiger partial charge >= 0.3 is 0 Å². The van der Waals surface area contributed by atoms with Gasteiger partial charge in [-0.3, -0.25) is 0 Å². The molecule has 1 saturated carbocycles. The zero-order valence-electron chi connectivity index (χ0n) is 15.5. The maximum Gasteiger partial charge on any atom is 0.0502 e. The molecule has 0 heterocycles. The molecule has 0 aromatic heterocycles. The van der Waals surface area contributed by atoms with Crippen LogP contribution in [0.15, 0.2) is 54.7 Å². The average Bonchev–Trinajstić information content (AvgIpc) is 2.63. The van der Waals surface area contributed by atoms with Crippen LogP contribution in [0.4, 0.5) is 0 Å². The van der Waals surface area contributed by atoms with Crippen molar-refractivity contribution in [2.75, 3.05) is 6.54 Å². The van der Waals surface area contributed by atoms with E-state index in [1.54, 1.807) is 0 Å². The molecule has 26 heavy (non-hydrogen) atoms. The van der Waals surface area contributed by atoms with E-state index >= 15 is 0 Å². The Balaban J connectivity index is 1.78. The Labute approximate surface area is 167 Å². The molecule has 2 aromatic carbocycles. The number of halogens is 2. The third kappa shape index (κ3) is 4.45. The molecule has 3 rings (SSSR count). The molecular weight excluding hydrogens is 361 g/mol. The monoisotopic (exact) mass is 387 g/mol. The molecule has 0 bridgehead atoms. The number of likely N-dealkylation sites (N-methyl/N-ethyl adjacent to an activating group) is 1. The van der Waals surface area contributed by atoms with Gasteiger partial charge in [-0.15, -0.1) is 0 Å². The first-order valence-electron chi connectivity index (χ1n) is 9.58. The summed E-state index contributed by atoms with van der Waals surface area (Å²) in [6, 6.07) is 14.8. The van der Waals surface area contributed by atoms with Crippen molar-refractivity contribution < 1.29 is 0 Å². The fourth-order valence-corrected chi connectivity index (χ4v) is 4.83. The number of hydrogen-bond donors (Lipinski definition) is 0. The summed E-state index contributed by atoms with van der Waals surface area (Å²) in [5.41, 5.74) is 4.24. The number of allylic oxidation sites excluding steroid dienone is 1. The summed E-state index contributed by atoms with van der Waals surface area (Å²) in [5.74, 6) is 0. The molecule has 1 nitrogen and oxygen atoms in total. The summed E-state index contributed by atoms with van der Waals surface area (Å²) in [4.78, 5) is 2.48. The highest BCUT2D eigenvalue weighted by Crippen LogP contribution is 2.36. The van der Waals surface area contributed by atoms with Crippen molar-refractivity contribution >= 4 is 23.2 Å². The van der Waals surface area contributed by atoms with Crippen LogP contribution < -0.4 is 0 Å². The van der Waals surface area contributed by atoms with Gasteiger partial charge in [0, 0.05) is 30.3 Å². The van der Waals surface area contributed by atoms with Gasteiger partial charge in [0.2, 0.25) is 0 Å². The van der Waals surface area contributed by atoms with Crippen molar-refractivity contribution in [2.45, 2.75) is 51.5 Å². The Bertz CT molecular complexity index is 725. The first kappa shape index (κ1) is 19.3. The number of nitrogens with zero attached hydrogens (tertiary/aromatic N) is 1. The van der Waals surface area contributed by atoms with Gasteiger partial charge in [0.1, 0.15) is 0 Å². The Morgan fingerprint density at radius 1 is 1.04 bits per heavy atom. The molecule has 0 amide bonds. The third-order valence-electron chi connectivity index (χ3n) is 5.33. The van der Waals surface area contributed by atoms with Crippen LogP contribution >= 0.6 is 23.2 Å². The average molecular weight is 388 g/mol. The Hall–Kier alpha value is -1.44. The number of benzene rings is 2. The maximum absolute atomic E-state index is 6.59. The quantitative estimate of drug-likeness (QED) is 0.499. The minimum Gasteiger partial charge on any atom is -0.372 e. The third-order valence-corrected chi connectivity index (χ3v) is 5.93. The lowest BCUT2D eigenvalue weighted by molar-refractivity contribution is 0.205. The minimum atomic E-state index is 0.635. The predicted molar refractivity (Wildman–Crippen MR) is 114 cm³/mol. The van der Waals surface area contributed by atoms with Crippen LogP contribution in [0.2, 0.25) is 10.0 Å². The van der Waals surface area contributed by atoms with E-state index in [0.29, 0.717) is 16.1 Å². The van der Waals surface area contributed by atoms with Gasteiger partial charge in [-0.05, 0) is 43.0 Å². The number of hydrogen-bond acceptors (Lipinski definition) is 1. The van der Waals surface area contributed by atoms with Crippen molar-refractivity contribution in [3.8, 4) is 11.1 Å². The second kappa shape index (κ2) is 8.97. The fraction of sp³-hybridized carbons (Fsp3) is 0.391. The molecular formula is C23H27Cl2N. The second-order valence-electron chi connectivity index (χ2n) is 7.12. The van der Waals surface area contributed by atoms with E-state index in [-0.39, 0.29) is 0 Å². The Kier molecular flexibility index (Phi) is 6.67. The summed E-state index contributed by atoms with van der Waals surface area (Å²) in [7, 11) is 0. The van der Waals surface area contributed by atoms with E-state index in [4.69, 9.17) is 23.2 Å². The summed E-state index contributed by atoms with van der Waals surface area (Å²) >= 11 is 13.2. The van der Waals surface area contributed by atoms with Crippen molar-refractivity contribution in [1.29, 1.82) is 0 Å². The summed E-state index contributed by atoms with van der Waals surface area (Å²) in [6.45, 7) is 7.60. The summed E-state index contributed by atoms with van der Waals surface area (Å²) < 4.78 is 0. The van der Waals surface area contributed by atoms with Crippen molar-refractivity contribution in [3.05, 3.63) is 70.3 Å². The fourth-order valence-electron chi connectivity index (χ4n) is 4.08. The van der Waals surface area contributed by atoms with Crippen LogP contribution in [0.5, 0.6) is 0 Å². The van der Waals surface area contributed by atoms with E-state index in [2.05, 4.69) is 18.4 Å². The van der Waals surface area contributed by atoms with Crippen LogP contribution in [-0.2, 0) is 6.42 Å². The van der Waals surface area contributed by atoms with Crippen LogP contribution in [0, 0.1) is 0 Å². The molecule has 0 radical (unpaired) electrons. The van der Waals surface area contributed by atoms with Gasteiger partial charge in [-0.2, -0.15) is 0 Å². The topological polar surface area (TPSA) is 3.24 Å². The summed E-state index contributed by atoms with van der Waals surface area (Å²) in [5, 5.41) is 1.40. The SMILES string of the molecule is C=C(Cc1cc(Cl)c(-c2ccccc2)c(Cl)c1)N(CC)C1CCCCC1. The zero-order chi connectivity index (χ0) is 18.5. The highest BCUT2D eigenvalue weighted by molar-refractivity contribution is 6.39. The molecule has 138 valence electrons. The van der Waals surface area contributed by atoms with Crippen molar-refractivity contribution in [3.63, 3.8) is 0 Å². The van der Waals surface area contributed by atoms with Gasteiger partial charge in [0.25, 0.3) is 0 Å². The molecule has 0 saturated heterocycles. The van der Waals surface area contributed by atoms with Gasteiger partial charge in [-0.25, -0.2) is 0 Å². The molecule has 1 aliphatic rings. The Morgan fingerprint density at radius 2 is 1.65 bits per heavy atom. The molecule has 0 spiro atoms. The van der Waals surface area contributed by atoms with Gasteiger partial charge < -0.3 is 4.90 Å². The standard InChI is InChI=1S/C23H27Cl2N/c1-3-26(20-12-8-5-9-13-20)17(2)14-18-15-21(24)23(22(25)16-18)19-10-6-4-7-11-19/h4,6-7,10-11,15-16,20H,2-3,5,8-9,12-14H2,1H3. The Morgan fingerprint density at radius 3 is 2.23 bits per heavy atom. The molecule has 1 fully saturated rings. The first-order chi connectivity index (χ1) is 12.6. The lowest BCUT2D eigenvalue weighted by Crippen LogP contribution is -2.36. The van der Waals surface area contributed by atoms with E-state index in [1.165, 1.54) is 37.8 Å². The van der Waals surface area contributed by atoms with Crippen LogP contribution in [0.3, 0.4) is 0 Å². The van der Waals surface area contributed by atoms with Gasteiger partial charge in [0.15, 0.2) is 0 Å². The second-order valence-corrected chi connectivity index (χ2v) is 7.94. The van der Waals surface area contributed by atoms with Gasteiger partial charge in [0.05, 0.1) is 10.0 Å². The molecule has 1 aliphatic carbocycles. The van der Waals surface area contributed by atoms with E-state index in [1.807, 2.05) is 42.5 Å². The lowest BCUT2D eigenvalue weighted by Gasteiger charge is -2.36. The van der Waals surface area contributed by atoms with Crippen LogP contribution in [-0.4, -0.2) is 17.5 Å². The molecule has 0 atom stereocenters. The van der Waals surface area contributed by atoms with Gasteiger partial charge in [-0.1, -0.05) is 79.4 Å². The molecule has 2 aromatic rings. The lowest BCUT2D eigenvalue weighted by atomic mass is 9.93. The van der Waals surface area contributed by atoms with Crippen molar-refractivity contribution in [2.24, 2.45) is 0 Å². The van der Waals surface area contributed by atoms with Crippen LogP contribution in [0.1, 0.15) is 44.6 Å². The molecule has 0 unspecified atom stereocenters. The molecule has 3 heteroatoms. The smallest absolute Gasteiger partial charge is 0.0502 e. The summed E-state index contributed by atoms with van der Waals surface area (Å²) in [6.07, 6.45) is 7.38. The maximum atomic E-state index is 6.59. The zero-order valence-corrected chi connectivity index (χ0v) is 17.0. The van der Waals surface area contributed by atoms with Crippen LogP contribution in [0.25, 0.3) is 11.1 Å². The van der Waals surface area contributed by atoms with E-state index < -0.39 is 0 Å². The highest BCUT2D eigenvalue weighted by atomic mass is 35.5. The molecule has 0 aliphatic heterocycles. The normalized spacial score (nSPS) is 15.0. The molecule has 0 N–H and O–H groups in total. The van der Waals surface area contributed by atoms with E-state index in [9.17, 15) is 0 Å².